The van der Waals surface area contributed by atoms with Crippen LogP contribution in [0.25, 0.3) is 0 Å². The molecule has 2 aromatic rings. The zero-order valence-corrected chi connectivity index (χ0v) is 15.9. The molecule has 1 saturated carbocycles. The standard InChI is InChI=1S/C20H24F3N5/c1-14-3-2-4-15(25-14)8-11-27-12-9-17(13-27)28(16-5-6-16)19-24-10-7-18(26-19)20(21,22)23/h2-4,7,10,16-17H,5-6,8-9,11-13H2,1H3. The van der Waals surface area contributed by atoms with E-state index in [1.807, 2.05) is 30.0 Å². The van der Waals surface area contributed by atoms with Crippen LogP contribution in [-0.4, -0.2) is 51.6 Å². The maximum Gasteiger partial charge on any atom is 0.433 e. The fourth-order valence-corrected chi connectivity index (χ4v) is 3.86. The summed E-state index contributed by atoms with van der Waals surface area (Å²) in [7, 11) is 0. The Labute approximate surface area is 162 Å². The molecule has 0 radical (unpaired) electrons. The summed E-state index contributed by atoms with van der Waals surface area (Å²) < 4.78 is 39.2. The Kier molecular flexibility index (Phi) is 5.23. The Hall–Kier alpha value is -2.22. The van der Waals surface area contributed by atoms with Crippen molar-refractivity contribution in [3.8, 4) is 0 Å². The van der Waals surface area contributed by atoms with Crippen LogP contribution in [-0.2, 0) is 12.6 Å². The van der Waals surface area contributed by atoms with Gasteiger partial charge in [-0.1, -0.05) is 6.07 Å². The van der Waals surface area contributed by atoms with Gasteiger partial charge in [-0.05, 0) is 44.4 Å². The van der Waals surface area contributed by atoms with Crippen molar-refractivity contribution in [3.63, 3.8) is 0 Å². The number of anilines is 1. The third kappa shape index (κ3) is 4.43. The normalized spacial score (nSPS) is 20.5. The molecule has 2 fully saturated rings. The number of alkyl halides is 3. The molecule has 0 bridgehead atoms. The van der Waals surface area contributed by atoms with Crippen LogP contribution < -0.4 is 4.90 Å². The molecule has 28 heavy (non-hydrogen) atoms. The first-order valence-corrected chi connectivity index (χ1v) is 9.73. The van der Waals surface area contributed by atoms with Crippen LogP contribution in [0.4, 0.5) is 19.1 Å². The summed E-state index contributed by atoms with van der Waals surface area (Å²) in [4.78, 5) is 16.9. The Morgan fingerprint density at radius 3 is 2.64 bits per heavy atom. The highest BCUT2D eigenvalue weighted by Gasteiger charge is 2.40. The first-order valence-electron chi connectivity index (χ1n) is 9.73. The van der Waals surface area contributed by atoms with Gasteiger partial charge in [-0.2, -0.15) is 13.2 Å². The lowest BCUT2D eigenvalue weighted by Crippen LogP contribution is -2.41. The highest BCUT2D eigenvalue weighted by Crippen LogP contribution is 2.35. The van der Waals surface area contributed by atoms with E-state index in [0.717, 1.165) is 62.8 Å². The third-order valence-corrected chi connectivity index (χ3v) is 5.38. The SMILES string of the molecule is Cc1cccc(CCN2CCC(N(c3nccc(C(F)(F)F)n3)C3CC3)C2)n1. The Bertz CT molecular complexity index is 821. The van der Waals surface area contributed by atoms with Crippen LogP contribution >= 0.6 is 0 Å². The summed E-state index contributed by atoms with van der Waals surface area (Å²) in [5.41, 5.74) is 1.21. The maximum atomic E-state index is 13.1. The largest absolute Gasteiger partial charge is 0.433 e. The molecule has 150 valence electrons. The van der Waals surface area contributed by atoms with Crippen molar-refractivity contribution in [2.45, 2.75) is 50.9 Å². The second kappa shape index (κ2) is 7.66. The van der Waals surface area contributed by atoms with E-state index >= 15 is 0 Å². The van der Waals surface area contributed by atoms with Crippen LogP contribution in [0, 0.1) is 6.92 Å². The number of nitrogens with zero attached hydrogens (tertiary/aromatic N) is 5. The fraction of sp³-hybridized carbons (Fsp3) is 0.550. The van der Waals surface area contributed by atoms with E-state index in [1.165, 1.54) is 6.20 Å². The topological polar surface area (TPSA) is 45.2 Å². The lowest BCUT2D eigenvalue weighted by atomic mass is 10.2. The van der Waals surface area contributed by atoms with Crippen molar-refractivity contribution >= 4 is 5.95 Å². The zero-order valence-electron chi connectivity index (χ0n) is 15.9. The lowest BCUT2D eigenvalue weighted by Gasteiger charge is -2.29. The van der Waals surface area contributed by atoms with Gasteiger partial charge in [0.1, 0.15) is 5.69 Å². The van der Waals surface area contributed by atoms with Crippen LogP contribution in [0.5, 0.6) is 0 Å². The van der Waals surface area contributed by atoms with Gasteiger partial charge >= 0.3 is 6.18 Å². The van der Waals surface area contributed by atoms with E-state index in [4.69, 9.17) is 0 Å². The number of rotatable bonds is 6. The number of hydrogen-bond donors (Lipinski definition) is 0. The molecule has 0 amide bonds. The second-order valence-electron chi connectivity index (χ2n) is 7.64. The van der Waals surface area contributed by atoms with E-state index in [1.54, 1.807) is 0 Å². The molecule has 0 aromatic carbocycles. The fourth-order valence-electron chi connectivity index (χ4n) is 3.86. The summed E-state index contributed by atoms with van der Waals surface area (Å²) in [6.45, 7) is 4.63. The van der Waals surface area contributed by atoms with Gasteiger partial charge in [-0.3, -0.25) is 4.98 Å². The number of likely N-dealkylation sites (tertiary alicyclic amines) is 1. The van der Waals surface area contributed by atoms with Crippen molar-refractivity contribution in [3.05, 3.63) is 47.5 Å². The van der Waals surface area contributed by atoms with E-state index < -0.39 is 11.9 Å². The van der Waals surface area contributed by atoms with Crippen LogP contribution in [0.15, 0.2) is 30.5 Å². The molecular weight excluding hydrogens is 367 g/mol. The Balaban J connectivity index is 1.42. The average Bonchev–Trinajstić information content (AvgIpc) is 3.37. The van der Waals surface area contributed by atoms with E-state index in [2.05, 4.69) is 19.9 Å². The third-order valence-electron chi connectivity index (χ3n) is 5.38. The predicted octanol–water partition coefficient (Wildman–Crippen LogP) is 3.48. The molecule has 0 spiro atoms. The van der Waals surface area contributed by atoms with Crippen molar-refractivity contribution in [1.29, 1.82) is 0 Å². The van der Waals surface area contributed by atoms with Gasteiger partial charge in [0.15, 0.2) is 0 Å². The minimum atomic E-state index is -4.45. The molecule has 8 heteroatoms. The van der Waals surface area contributed by atoms with E-state index in [0.29, 0.717) is 0 Å². The van der Waals surface area contributed by atoms with Crippen molar-refractivity contribution in [2.24, 2.45) is 0 Å². The van der Waals surface area contributed by atoms with Gasteiger partial charge in [0, 0.05) is 55.7 Å². The molecule has 2 aliphatic rings. The first-order chi connectivity index (χ1) is 13.4. The number of halogens is 3. The van der Waals surface area contributed by atoms with Crippen molar-refractivity contribution in [2.75, 3.05) is 24.5 Å². The van der Waals surface area contributed by atoms with Gasteiger partial charge in [-0.25, -0.2) is 9.97 Å². The molecule has 5 nitrogen and oxygen atoms in total. The van der Waals surface area contributed by atoms with E-state index in [9.17, 15) is 13.2 Å². The molecule has 0 N–H and O–H groups in total. The summed E-state index contributed by atoms with van der Waals surface area (Å²) in [6, 6.07) is 7.38. The minimum Gasteiger partial charge on any atom is -0.334 e. The summed E-state index contributed by atoms with van der Waals surface area (Å²) in [5, 5.41) is 0. The monoisotopic (exact) mass is 391 g/mol. The van der Waals surface area contributed by atoms with E-state index in [-0.39, 0.29) is 18.0 Å². The molecule has 3 heterocycles. The van der Waals surface area contributed by atoms with Gasteiger partial charge in [0.2, 0.25) is 5.95 Å². The predicted molar refractivity (Wildman–Crippen MR) is 100 cm³/mol. The zero-order chi connectivity index (χ0) is 19.7. The van der Waals surface area contributed by atoms with Crippen LogP contribution in [0.1, 0.15) is 36.3 Å². The summed E-state index contributed by atoms with van der Waals surface area (Å²) >= 11 is 0. The molecule has 1 aliphatic heterocycles. The number of aryl methyl sites for hydroxylation is 1. The number of hydrogen-bond acceptors (Lipinski definition) is 5. The van der Waals surface area contributed by atoms with Gasteiger partial charge in [-0.15, -0.1) is 0 Å². The molecule has 2 aromatic heterocycles. The Morgan fingerprint density at radius 1 is 1.11 bits per heavy atom. The van der Waals surface area contributed by atoms with Crippen molar-refractivity contribution < 1.29 is 13.2 Å². The quantitative estimate of drug-likeness (QED) is 0.754. The minimum absolute atomic E-state index is 0.154. The molecule has 1 aliphatic carbocycles. The van der Waals surface area contributed by atoms with Gasteiger partial charge in [0.05, 0.1) is 0 Å². The Morgan fingerprint density at radius 2 is 1.93 bits per heavy atom. The average molecular weight is 391 g/mol. The first kappa shape index (κ1) is 19.1. The molecule has 1 atom stereocenters. The second-order valence-corrected chi connectivity index (χ2v) is 7.64. The number of aromatic nitrogens is 3. The van der Waals surface area contributed by atoms with Crippen LogP contribution in [0.2, 0.25) is 0 Å². The maximum absolute atomic E-state index is 13.1. The number of pyridine rings is 1. The molecule has 1 unspecified atom stereocenters. The van der Waals surface area contributed by atoms with Gasteiger partial charge in [0.25, 0.3) is 0 Å². The summed E-state index contributed by atoms with van der Waals surface area (Å²) in [6.07, 6.45) is 0.536. The summed E-state index contributed by atoms with van der Waals surface area (Å²) in [5.74, 6) is 0.213. The lowest BCUT2D eigenvalue weighted by molar-refractivity contribution is -0.141. The molecule has 1 saturated heterocycles. The van der Waals surface area contributed by atoms with Crippen molar-refractivity contribution in [1.82, 2.24) is 19.9 Å². The smallest absolute Gasteiger partial charge is 0.334 e. The highest BCUT2D eigenvalue weighted by molar-refractivity contribution is 5.37. The van der Waals surface area contributed by atoms with Gasteiger partial charge < -0.3 is 9.80 Å². The molecular formula is C20H24F3N5. The highest BCUT2D eigenvalue weighted by atomic mass is 19.4. The van der Waals surface area contributed by atoms with Crippen LogP contribution in [0.3, 0.4) is 0 Å². The molecule has 4 rings (SSSR count).